The fourth-order valence-corrected chi connectivity index (χ4v) is 2.43. The van der Waals surface area contributed by atoms with Crippen molar-refractivity contribution in [2.45, 2.75) is 17.7 Å². The first kappa shape index (κ1) is 12.5. The number of carbonyl (C=O) groups is 1. The molecule has 5 heteroatoms. The first-order valence-corrected chi connectivity index (χ1v) is 6.33. The second kappa shape index (κ2) is 5.12. The number of alkyl halides is 1. The smallest absolute Gasteiger partial charge is 0.227 e. The van der Waals surface area contributed by atoms with Crippen LogP contribution in [0, 0.1) is 11.6 Å². The van der Waals surface area contributed by atoms with Crippen molar-refractivity contribution in [1.29, 1.82) is 0 Å². The maximum absolute atomic E-state index is 13.0. The quantitative estimate of drug-likeness (QED) is 0.769. The molecule has 1 atom stereocenters. The lowest BCUT2D eigenvalue weighted by molar-refractivity contribution is -0.129. The van der Waals surface area contributed by atoms with E-state index in [1.165, 1.54) is 6.07 Å². The van der Waals surface area contributed by atoms with Crippen molar-refractivity contribution >= 4 is 21.8 Å². The molecule has 92 valence electrons. The van der Waals surface area contributed by atoms with Crippen LogP contribution in [0.4, 0.5) is 8.78 Å². The summed E-state index contributed by atoms with van der Waals surface area (Å²) in [6, 6.07) is 3.57. The number of rotatable bonds is 2. The summed E-state index contributed by atoms with van der Waals surface area (Å²) in [5.41, 5.74) is 0.506. The summed E-state index contributed by atoms with van der Waals surface area (Å²) in [6.45, 7) is 1.40. The minimum Gasteiger partial charge on any atom is -0.341 e. The fourth-order valence-electron chi connectivity index (χ4n) is 1.88. The first-order valence-electron chi connectivity index (χ1n) is 5.42. The molecule has 1 heterocycles. The van der Waals surface area contributed by atoms with E-state index in [2.05, 4.69) is 15.9 Å². The predicted molar refractivity (Wildman–Crippen MR) is 64.0 cm³/mol. The monoisotopic (exact) mass is 303 g/mol. The average Bonchev–Trinajstić information content (AvgIpc) is 2.70. The molecule has 1 amide bonds. The topological polar surface area (TPSA) is 20.3 Å². The molecule has 1 aliphatic heterocycles. The van der Waals surface area contributed by atoms with Crippen LogP contribution in [-0.2, 0) is 11.2 Å². The van der Waals surface area contributed by atoms with Crippen LogP contribution < -0.4 is 0 Å². The summed E-state index contributed by atoms with van der Waals surface area (Å²) in [4.78, 5) is 13.9. The lowest BCUT2D eigenvalue weighted by Gasteiger charge is -2.15. The standard InChI is InChI=1S/C12H12BrF2NO/c13-9-3-4-16(7-9)12(17)6-8-1-2-10(14)11(15)5-8/h1-2,5,9H,3-4,6-7H2. The van der Waals surface area contributed by atoms with Gasteiger partial charge in [0.05, 0.1) is 6.42 Å². The Labute approximate surface area is 107 Å². The summed E-state index contributed by atoms with van der Waals surface area (Å²) in [7, 11) is 0. The molecule has 1 aromatic carbocycles. The normalized spacial score (nSPS) is 19.7. The van der Waals surface area contributed by atoms with Crippen molar-refractivity contribution in [1.82, 2.24) is 4.90 Å². The van der Waals surface area contributed by atoms with E-state index in [0.717, 1.165) is 25.1 Å². The number of hydrogen-bond acceptors (Lipinski definition) is 1. The van der Waals surface area contributed by atoms with Crippen LogP contribution in [-0.4, -0.2) is 28.7 Å². The van der Waals surface area contributed by atoms with Gasteiger partial charge in [-0.2, -0.15) is 0 Å². The first-order chi connectivity index (χ1) is 8.06. The molecule has 17 heavy (non-hydrogen) atoms. The summed E-state index contributed by atoms with van der Waals surface area (Å²) < 4.78 is 25.7. The Morgan fingerprint density at radius 1 is 1.41 bits per heavy atom. The van der Waals surface area contributed by atoms with Gasteiger partial charge in [0.2, 0.25) is 5.91 Å². The van der Waals surface area contributed by atoms with E-state index in [4.69, 9.17) is 0 Å². The molecule has 0 spiro atoms. The maximum Gasteiger partial charge on any atom is 0.227 e. The third-order valence-corrected chi connectivity index (χ3v) is 3.57. The Kier molecular flexibility index (Phi) is 3.76. The van der Waals surface area contributed by atoms with Gasteiger partial charge in [-0.25, -0.2) is 8.78 Å². The Balaban J connectivity index is 2.00. The number of nitrogens with zero attached hydrogens (tertiary/aromatic N) is 1. The molecule has 0 radical (unpaired) electrons. The second-order valence-electron chi connectivity index (χ2n) is 4.15. The molecule has 2 rings (SSSR count). The molecule has 0 aromatic heterocycles. The molecule has 0 N–H and O–H groups in total. The molecule has 0 aliphatic carbocycles. The van der Waals surface area contributed by atoms with Crippen LogP contribution in [0.25, 0.3) is 0 Å². The molecule has 1 unspecified atom stereocenters. The zero-order valence-corrected chi connectivity index (χ0v) is 10.7. The number of benzene rings is 1. The summed E-state index contributed by atoms with van der Waals surface area (Å²) in [5, 5.41) is 0. The minimum absolute atomic E-state index is 0.0436. The van der Waals surface area contributed by atoms with Gasteiger partial charge >= 0.3 is 0 Å². The highest BCUT2D eigenvalue weighted by Crippen LogP contribution is 2.18. The van der Waals surface area contributed by atoms with E-state index in [-0.39, 0.29) is 12.3 Å². The molecule has 1 saturated heterocycles. The van der Waals surface area contributed by atoms with Gasteiger partial charge in [0.15, 0.2) is 11.6 Å². The molecular weight excluding hydrogens is 292 g/mol. The second-order valence-corrected chi connectivity index (χ2v) is 5.45. The number of carbonyl (C=O) groups excluding carboxylic acids is 1. The van der Waals surface area contributed by atoms with Crippen molar-refractivity contribution in [3.63, 3.8) is 0 Å². The number of likely N-dealkylation sites (tertiary alicyclic amines) is 1. The van der Waals surface area contributed by atoms with Crippen molar-refractivity contribution in [2.24, 2.45) is 0 Å². The SMILES string of the molecule is O=C(Cc1ccc(F)c(F)c1)N1CCC(Br)C1. The third-order valence-electron chi connectivity index (χ3n) is 2.82. The molecule has 0 bridgehead atoms. The molecule has 1 aromatic rings. The lowest BCUT2D eigenvalue weighted by atomic mass is 10.1. The zero-order chi connectivity index (χ0) is 12.4. The molecule has 1 fully saturated rings. The number of hydrogen-bond donors (Lipinski definition) is 0. The minimum atomic E-state index is -0.907. The molecular formula is C12H12BrF2NO. The Hall–Kier alpha value is -0.970. The van der Waals surface area contributed by atoms with Gasteiger partial charge in [0.1, 0.15) is 0 Å². The van der Waals surface area contributed by atoms with Gasteiger partial charge in [-0.1, -0.05) is 22.0 Å². The Morgan fingerprint density at radius 3 is 2.76 bits per heavy atom. The largest absolute Gasteiger partial charge is 0.341 e. The lowest BCUT2D eigenvalue weighted by Crippen LogP contribution is -2.30. The van der Waals surface area contributed by atoms with Crippen molar-refractivity contribution in [3.05, 3.63) is 35.4 Å². The van der Waals surface area contributed by atoms with Crippen molar-refractivity contribution in [2.75, 3.05) is 13.1 Å². The Morgan fingerprint density at radius 2 is 2.18 bits per heavy atom. The van der Waals surface area contributed by atoms with Crippen LogP contribution in [0.3, 0.4) is 0 Å². The predicted octanol–water partition coefficient (Wildman–Crippen LogP) is 2.50. The fraction of sp³-hybridized carbons (Fsp3) is 0.417. The van der Waals surface area contributed by atoms with E-state index < -0.39 is 11.6 Å². The van der Waals surface area contributed by atoms with Gasteiger partial charge in [0.25, 0.3) is 0 Å². The van der Waals surface area contributed by atoms with Crippen LogP contribution in [0.5, 0.6) is 0 Å². The Bertz CT molecular complexity index is 439. The maximum atomic E-state index is 13.0. The van der Waals surface area contributed by atoms with E-state index in [1.807, 2.05) is 0 Å². The average molecular weight is 304 g/mol. The molecule has 2 nitrogen and oxygen atoms in total. The molecule has 0 saturated carbocycles. The van der Waals surface area contributed by atoms with Crippen molar-refractivity contribution in [3.8, 4) is 0 Å². The van der Waals surface area contributed by atoms with Crippen molar-refractivity contribution < 1.29 is 13.6 Å². The van der Waals surface area contributed by atoms with E-state index >= 15 is 0 Å². The van der Waals surface area contributed by atoms with E-state index in [1.54, 1.807) is 4.90 Å². The number of amides is 1. The highest BCUT2D eigenvalue weighted by molar-refractivity contribution is 9.09. The van der Waals surface area contributed by atoms with Crippen LogP contribution in [0.1, 0.15) is 12.0 Å². The van der Waals surface area contributed by atoms with Gasteiger partial charge in [0, 0.05) is 17.9 Å². The van der Waals surface area contributed by atoms with Gasteiger partial charge in [-0.15, -0.1) is 0 Å². The van der Waals surface area contributed by atoms with Gasteiger partial charge < -0.3 is 4.90 Å². The molecule has 1 aliphatic rings. The highest BCUT2D eigenvalue weighted by Gasteiger charge is 2.24. The van der Waals surface area contributed by atoms with Crippen LogP contribution in [0.2, 0.25) is 0 Å². The van der Waals surface area contributed by atoms with Crippen LogP contribution >= 0.6 is 15.9 Å². The van der Waals surface area contributed by atoms with Gasteiger partial charge in [-0.05, 0) is 24.1 Å². The zero-order valence-electron chi connectivity index (χ0n) is 9.13. The van der Waals surface area contributed by atoms with E-state index in [9.17, 15) is 13.6 Å². The highest BCUT2D eigenvalue weighted by atomic mass is 79.9. The summed E-state index contributed by atoms with van der Waals surface area (Å²) >= 11 is 3.45. The van der Waals surface area contributed by atoms with E-state index in [0.29, 0.717) is 16.9 Å². The summed E-state index contributed by atoms with van der Waals surface area (Å²) in [6.07, 6.45) is 1.06. The number of halogens is 3. The third kappa shape index (κ3) is 3.03. The van der Waals surface area contributed by atoms with Crippen LogP contribution in [0.15, 0.2) is 18.2 Å². The summed E-state index contributed by atoms with van der Waals surface area (Å²) in [5.74, 6) is -1.84. The van der Waals surface area contributed by atoms with Gasteiger partial charge in [-0.3, -0.25) is 4.79 Å².